The highest BCUT2D eigenvalue weighted by molar-refractivity contribution is 7.98. The maximum Gasteiger partial charge on any atom is 0.257 e. The van der Waals surface area contributed by atoms with Crippen LogP contribution in [0.2, 0.25) is 0 Å². The molecule has 6 nitrogen and oxygen atoms in total. The number of aromatic nitrogens is 2. The average molecular weight is 377 g/mol. The van der Waals surface area contributed by atoms with Gasteiger partial charge in [0.2, 0.25) is 5.91 Å². The van der Waals surface area contributed by atoms with E-state index < -0.39 is 0 Å². The number of thioether (sulfide) groups is 1. The fourth-order valence-corrected chi connectivity index (χ4v) is 4.40. The predicted molar refractivity (Wildman–Crippen MR) is 102 cm³/mol. The molecule has 1 atom stereocenters. The van der Waals surface area contributed by atoms with Crippen LogP contribution in [0, 0.1) is 5.41 Å². The van der Waals surface area contributed by atoms with Crippen molar-refractivity contribution in [3.63, 3.8) is 0 Å². The van der Waals surface area contributed by atoms with Crippen molar-refractivity contribution < 1.29 is 9.59 Å². The Bertz CT molecular complexity index is 651. The van der Waals surface area contributed by atoms with Gasteiger partial charge in [-0.3, -0.25) is 9.59 Å². The minimum atomic E-state index is 0.00809. The minimum Gasteiger partial charge on any atom is -0.342 e. The zero-order chi connectivity index (χ0) is 18.6. The maximum absolute atomic E-state index is 12.9. The van der Waals surface area contributed by atoms with Crippen molar-refractivity contribution in [2.24, 2.45) is 5.41 Å². The summed E-state index contributed by atoms with van der Waals surface area (Å²) in [4.78, 5) is 37.6. The molecule has 1 aromatic heterocycles. The first kappa shape index (κ1) is 19.1. The van der Waals surface area contributed by atoms with Crippen molar-refractivity contribution in [2.45, 2.75) is 50.6 Å². The topological polar surface area (TPSA) is 66.4 Å². The second-order valence-corrected chi connectivity index (χ2v) is 8.23. The van der Waals surface area contributed by atoms with E-state index in [9.17, 15) is 9.59 Å². The SMILES string of the molecule is CCCCN1C[C@]2(CCCN(C(=O)c3cnc(SC)nc3)C2)CCC1=O. The summed E-state index contributed by atoms with van der Waals surface area (Å²) in [6.45, 7) is 5.28. The van der Waals surface area contributed by atoms with Crippen LogP contribution in [0.4, 0.5) is 0 Å². The van der Waals surface area contributed by atoms with Crippen LogP contribution in [0.3, 0.4) is 0 Å². The van der Waals surface area contributed by atoms with Gasteiger partial charge in [-0.25, -0.2) is 9.97 Å². The van der Waals surface area contributed by atoms with Gasteiger partial charge in [0.05, 0.1) is 5.56 Å². The van der Waals surface area contributed by atoms with E-state index >= 15 is 0 Å². The number of rotatable bonds is 5. The molecule has 2 fully saturated rings. The first-order valence-corrected chi connectivity index (χ1v) is 10.7. The Balaban J connectivity index is 1.69. The van der Waals surface area contributed by atoms with Crippen LogP contribution in [0.5, 0.6) is 0 Å². The fraction of sp³-hybridized carbons (Fsp3) is 0.684. The third-order valence-electron chi connectivity index (χ3n) is 5.54. The molecule has 0 aliphatic carbocycles. The van der Waals surface area contributed by atoms with E-state index in [1.54, 1.807) is 12.4 Å². The molecule has 0 bridgehead atoms. The second kappa shape index (κ2) is 8.37. The highest BCUT2D eigenvalue weighted by Gasteiger charge is 2.42. The number of piperidine rings is 2. The lowest BCUT2D eigenvalue weighted by molar-refractivity contribution is -0.139. The summed E-state index contributed by atoms with van der Waals surface area (Å²) in [5.74, 6) is 0.280. The number of likely N-dealkylation sites (tertiary alicyclic amines) is 2. The molecule has 2 amide bonds. The summed E-state index contributed by atoms with van der Waals surface area (Å²) in [6, 6.07) is 0. The molecule has 142 valence electrons. The van der Waals surface area contributed by atoms with Crippen molar-refractivity contribution in [3.05, 3.63) is 18.0 Å². The summed E-state index contributed by atoms with van der Waals surface area (Å²) in [7, 11) is 0. The standard InChI is InChI=1S/C19H28N4O2S/c1-3-4-9-22-13-19(8-6-16(22)24)7-5-10-23(14-19)17(25)15-11-20-18(26-2)21-12-15/h11-12H,3-10,13-14H2,1-2H3/t19-/m0/s1. The Kier molecular flexibility index (Phi) is 6.16. The molecule has 2 saturated heterocycles. The third-order valence-corrected chi connectivity index (χ3v) is 6.11. The summed E-state index contributed by atoms with van der Waals surface area (Å²) in [5, 5.41) is 0.675. The summed E-state index contributed by atoms with van der Waals surface area (Å²) in [6.07, 6.45) is 10.9. The fourth-order valence-electron chi connectivity index (χ4n) is 4.08. The van der Waals surface area contributed by atoms with E-state index in [0.29, 0.717) is 17.1 Å². The molecule has 7 heteroatoms. The number of carbonyl (C=O) groups is 2. The van der Waals surface area contributed by atoms with Gasteiger partial charge in [-0.15, -0.1) is 0 Å². The lowest BCUT2D eigenvalue weighted by Gasteiger charge is -2.48. The van der Waals surface area contributed by atoms with E-state index in [4.69, 9.17) is 0 Å². The van der Waals surface area contributed by atoms with E-state index in [-0.39, 0.29) is 17.2 Å². The Morgan fingerprint density at radius 3 is 2.73 bits per heavy atom. The molecular formula is C19H28N4O2S. The van der Waals surface area contributed by atoms with Crippen LogP contribution in [-0.2, 0) is 4.79 Å². The first-order valence-electron chi connectivity index (χ1n) is 9.50. The second-order valence-electron chi connectivity index (χ2n) is 7.46. The Labute approximate surface area is 159 Å². The lowest BCUT2D eigenvalue weighted by Crippen LogP contribution is -2.55. The molecule has 3 heterocycles. The van der Waals surface area contributed by atoms with Gasteiger partial charge in [-0.2, -0.15) is 0 Å². The van der Waals surface area contributed by atoms with Gasteiger partial charge in [0.15, 0.2) is 5.16 Å². The molecular weight excluding hydrogens is 348 g/mol. The molecule has 0 aromatic carbocycles. The van der Waals surface area contributed by atoms with Gasteiger partial charge in [-0.1, -0.05) is 25.1 Å². The average Bonchev–Trinajstić information content (AvgIpc) is 2.68. The zero-order valence-corrected chi connectivity index (χ0v) is 16.6. The van der Waals surface area contributed by atoms with Gasteiger partial charge in [0.1, 0.15) is 0 Å². The predicted octanol–water partition coefficient (Wildman–Crippen LogP) is 2.84. The molecule has 2 aliphatic rings. The number of hydrogen-bond donors (Lipinski definition) is 0. The van der Waals surface area contributed by atoms with E-state index in [2.05, 4.69) is 16.9 Å². The number of hydrogen-bond acceptors (Lipinski definition) is 5. The molecule has 0 saturated carbocycles. The zero-order valence-electron chi connectivity index (χ0n) is 15.7. The lowest BCUT2D eigenvalue weighted by atomic mass is 9.73. The Hall–Kier alpha value is -1.63. The van der Waals surface area contributed by atoms with Gasteiger partial charge >= 0.3 is 0 Å². The maximum atomic E-state index is 12.9. The molecule has 0 radical (unpaired) electrons. The van der Waals surface area contributed by atoms with Crippen molar-refractivity contribution in [1.82, 2.24) is 19.8 Å². The van der Waals surface area contributed by atoms with E-state index in [1.165, 1.54) is 11.8 Å². The molecule has 0 unspecified atom stereocenters. The summed E-state index contributed by atoms with van der Waals surface area (Å²) in [5.41, 5.74) is 0.602. The Morgan fingerprint density at radius 2 is 2.04 bits per heavy atom. The molecule has 1 aromatic rings. The summed E-state index contributed by atoms with van der Waals surface area (Å²) < 4.78 is 0. The van der Waals surface area contributed by atoms with Gasteiger partial charge < -0.3 is 9.80 Å². The van der Waals surface area contributed by atoms with E-state index in [0.717, 1.165) is 58.3 Å². The highest BCUT2D eigenvalue weighted by atomic mass is 32.2. The van der Waals surface area contributed by atoms with Crippen molar-refractivity contribution in [3.8, 4) is 0 Å². The largest absolute Gasteiger partial charge is 0.342 e. The van der Waals surface area contributed by atoms with Crippen molar-refractivity contribution >= 4 is 23.6 Å². The third kappa shape index (κ3) is 4.19. The van der Waals surface area contributed by atoms with Crippen LogP contribution < -0.4 is 0 Å². The number of nitrogens with zero attached hydrogens (tertiary/aromatic N) is 4. The molecule has 0 N–H and O–H groups in total. The first-order chi connectivity index (χ1) is 12.6. The smallest absolute Gasteiger partial charge is 0.257 e. The van der Waals surface area contributed by atoms with Gasteiger partial charge in [0, 0.05) is 50.4 Å². The minimum absolute atomic E-state index is 0.00809. The monoisotopic (exact) mass is 376 g/mol. The quantitative estimate of drug-likeness (QED) is 0.584. The van der Waals surface area contributed by atoms with Crippen LogP contribution in [-0.4, -0.2) is 64.0 Å². The van der Waals surface area contributed by atoms with Crippen LogP contribution >= 0.6 is 11.8 Å². The molecule has 1 spiro atoms. The number of amides is 2. The Morgan fingerprint density at radius 1 is 1.27 bits per heavy atom. The van der Waals surface area contributed by atoms with Crippen LogP contribution in [0.15, 0.2) is 17.6 Å². The molecule has 3 rings (SSSR count). The highest BCUT2D eigenvalue weighted by Crippen LogP contribution is 2.39. The van der Waals surface area contributed by atoms with Crippen molar-refractivity contribution in [1.29, 1.82) is 0 Å². The summed E-state index contributed by atoms with van der Waals surface area (Å²) >= 11 is 1.46. The number of unbranched alkanes of at least 4 members (excludes halogenated alkanes) is 1. The van der Waals surface area contributed by atoms with Crippen LogP contribution in [0.25, 0.3) is 0 Å². The number of carbonyl (C=O) groups excluding carboxylic acids is 2. The van der Waals surface area contributed by atoms with E-state index in [1.807, 2.05) is 16.1 Å². The van der Waals surface area contributed by atoms with Gasteiger partial charge in [-0.05, 0) is 31.9 Å². The normalized spacial score (nSPS) is 23.5. The molecule has 26 heavy (non-hydrogen) atoms. The van der Waals surface area contributed by atoms with Gasteiger partial charge in [0.25, 0.3) is 5.91 Å². The van der Waals surface area contributed by atoms with Crippen LogP contribution in [0.1, 0.15) is 55.8 Å². The molecule has 2 aliphatic heterocycles. The van der Waals surface area contributed by atoms with Crippen molar-refractivity contribution in [2.75, 3.05) is 32.4 Å².